The van der Waals surface area contributed by atoms with Gasteiger partial charge in [0.15, 0.2) is 0 Å². The Labute approximate surface area is 117 Å². The van der Waals surface area contributed by atoms with Gasteiger partial charge in [0.25, 0.3) is 0 Å². The van der Waals surface area contributed by atoms with E-state index in [1.165, 1.54) is 12.1 Å². The third-order valence-corrected chi connectivity index (χ3v) is 3.50. The zero-order chi connectivity index (χ0) is 14.1. The Hall–Kier alpha value is -2.36. The first-order chi connectivity index (χ1) is 9.65. The van der Waals surface area contributed by atoms with Gasteiger partial charge in [-0.25, -0.2) is 4.39 Å². The molecule has 0 radical (unpaired) electrons. The minimum atomic E-state index is -0.265. The predicted molar refractivity (Wildman–Crippen MR) is 77.6 cm³/mol. The number of halogens is 1. The highest BCUT2D eigenvalue weighted by Gasteiger charge is 2.25. The minimum Gasteiger partial charge on any atom is -0.339 e. The lowest BCUT2D eigenvalue weighted by molar-refractivity contribution is -0.119. The summed E-state index contributed by atoms with van der Waals surface area (Å²) in [6, 6.07) is 14.0. The number of amides is 1. The Balaban J connectivity index is 2.09. The van der Waals surface area contributed by atoms with Crippen LogP contribution in [0, 0.1) is 11.7 Å². The maximum atomic E-state index is 13.1. The molecule has 1 aliphatic heterocycles. The van der Waals surface area contributed by atoms with E-state index >= 15 is 0 Å². The molecule has 0 spiro atoms. The van der Waals surface area contributed by atoms with Gasteiger partial charge in [0.1, 0.15) is 5.82 Å². The molecule has 2 aromatic carbocycles. The number of anilines is 3. The van der Waals surface area contributed by atoms with E-state index in [1.54, 1.807) is 12.1 Å². The molecule has 3 rings (SSSR count). The SMILES string of the molecule is C[C@H]1CN(c2ccc(F)cc2)c2ccccc2NC1=O. The second kappa shape index (κ2) is 4.96. The van der Waals surface area contributed by atoms with Crippen molar-refractivity contribution in [2.45, 2.75) is 6.92 Å². The first-order valence-electron chi connectivity index (χ1n) is 6.58. The van der Waals surface area contributed by atoms with Gasteiger partial charge < -0.3 is 10.2 Å². The summed E-state index contributed by atoms with van der Waals surface area (Å²) in [6.45, 7) is 2.45. The summed E-state index contributed by atoms with van der Waals surface area (Å²) >= 11 is 0. The van der Waals surface area contributed by atoms with Crippen LogP contribution in [-0.4, -0.2) is 12.5 Å². The van der Waals surface area contributed by atoms with Gasteiger partial charge in [0.05, 0.1) is 17.3 Å². The molecule has 4 heteroatoms. The molecule has 1 amide bonds. The zero-order valence-electron chi connectivity index (χ0n) is 11.1. The molecule has 1 N–H and O–H groups in total. The van der Waals surface area contributed by atoms with Gasteiger partial charge in [-0.15, -0.1) is 0 Å². The van der Waals surface area contributed by atoms with Gasteiger partial charge in [-0.05, 0) is 36.4 Å². The second-order valence-corrected chi connectivity index (χ2v) is 4.99. The highest BCUT2D eigenvalue weighted by molar-refractivity contribution is 5.98. The fraction of sp³-hybridized carbons (Fsp3) is 0.188. The van der Waals surface area contributed by atoms with Crippen LogP contribution in [0.1, 0.15) is 6.92 Å². The van der Waals surface area contributed by atoms with Gasteiger partial charge in [0, 0.05) is 12.2 Å². The summed E-state index contributed by atoms with van der Waals surface area (Å²) in [5.74, 6) is -0.409. The lowest BCUT2D eigenvalue weighted by atomic mass is 10.1. The maximum Gasteiger partial charge on any atom is 0.229 e. The Morgan fingerprint density at radius 1 is 1.15 bits per heavy atom. The molecule has 0 aromatic heterocycles. The van der Waals surface area contributed by atoms with Crippen molar-refractivity contribution in [3.8, 4) is 0 Å². The Kier molecular flexibility index (Phi) is 3.14. The van der Waals surface area contributed by atoms with Crippen molar-refractivity contribution in [2.75, 3.05) is 16.8 Å². The number of carbonyl (C=O) groups is 1. The number of para-hydroxylation sites is 2. The van der Waals surface area contributed by atoms with E-state index in [0.717, 1.165) is 17.1 Å². The molecular weight excluding hydrogens is 255 g/mol. The molecule has 1 atom stereocenters. The van der Waals surface area contributed by atoms with Gasteiger partial charge in [0.2, 0.25) is 5.91 Å². The third-order valence-electron chi connectivity index (χ3n) is 3.50. The highest BCUT2D eigenvalue weighted by Crippen LogP contribution is 2.35. The van der Waals surface area contributed by atoms with Crippen molar-refractivity contribution in [2.24, 2.45) is 5.92 Å². The Bertz CT molecular complexity index is 639. The third kappa shape index (κ3) is 2.25. The van der Waals surface area contributed by atoms with Crippen LogP contribution >= 0.6 is 0 Å². The number of benzene rings is 2. The molecule has 102 valence electrons. The maximum absolute atomic E-state index is 13.1. The van der Waals surface area contributed by atoms with Crippen molar-refractivity contribution in [1.29, 1.82) is 0 Å². The van der Waals surface area contributed by atoms with Crippen molar-refractivity contribution >= 4 is 23.0 Å². The number of hydrogen-bond acceptors (Lipinski definition) is 2. The quantitative estimate of drug-likeness (QED) is 0.859. The number of rotatable bonds is 1. The van der Waals surface area contributed by atoms with E-state index in [-0.39, 0.29) is 17.6 Å². The van der Waals surface area contributed by atoms with Gasteiger partial charge in [-0.3, -0.25) is 4.79 Å². The Morgan fingerprint density at radius 2 is 1.85 bits per heavy atom. The monoisotopic (exact) mass is 270 g/mol. The van der Waals surface area contributed by atoms with Crippen LogP contribution in [0.3, 0.4) is 0 Å². The fourth-order valence-corrected chi connectivity index (χ4v) is 2.39. The second-order valence-electron chi connectivity index (χ2n) is 4.99. The number of nitrogens with one attached hydrogen (secondary N) is 1. The molecule has 0 aliphatic carbocycles. The molecule has 1 heterocycles. The van der Waals surface area contributed by atoms with E-state index in [0.29, 0.717) is 6.54 Å². The summed E-state index contributed by atoms with van der Waals surface area (Å²) in [7, 11) is 0. The first-order valence-corrected chi connectivity index (χ1v) is 6.58. The molecule has 0 bridgehead atoms. The number of nitrogens with zero attached hydrogens (tertiary/aromatic N) is 1. The summed E-state index contributed by atoms with van der Waals surface area (Å²) in [5.41, 5.74) is 2.59. The average Bonchev–Trinajstić information content (AvgIpc) is 2.58. The van der Waals surface area contributed by atoms with Crippen LogP contribution in [0.15, 0.2) is 48.5 Å². The predicted octanol–water partition coefficient (Wildman–Crippen LogP) is 3.55. The summed E-state index contributed by atoms with van der Waals surface area (Å²) in [6.07, 6.45) is 0. The first kappa shape index (κ1) is 12.7. The highest BCUT2D eigenvalue weighted by atomic mass is 19.1. The lowest BCUT2D eigenvalue weighted by Crippen LogP contribution is -2.27. The molecule has 0 fully saturated rings. The molecule has 0 saturated heterocycles. The Morgan fingerprint density at radius 3 is 2.60 bits per heavy atom. The fourth-order valence-electron chi connectivity index (χ4n) is 2.39. The van der Waals surface area contributed by atoms with E-state index in [1.807, 2.05) is 36.1 Å². The molecule has 3 nitrogen and oxygen atoms in total. The van der Waals surface area contributed by atoms with Crippen LogP contribution in [0.25, 0.3) is 0 Å². The molecule has 0 saturated carbocycles. The molecular formula is C16H15FN2O. The van der Waals surface area contributed by atoms with E-state index in [4.69, 9.17) is 0 Å². The molecule has 20 heavy (non-hydrogen) atoms. The largest absolute Gasteiger partial charge is 0.339 e. The van der Waals surface area contributed by atoms with Gasteiger partial charge in [-0.1, -0.05) is 19.1 Å². The van der Waals surface area contributed by atoms with Crippen molar-refractivity contribution in [3.05, 3.63) is 54.3 Å². The van der Waals surface area contributed by atoms with Crippen molar-refractivity contribution < 1.29 is 9.18 Å². The normalized spacial score (nSPS) is 18.2. The van der Waals surface area contributed by atoms with Gasteiger partial charge in [-0.2, -0.15) is 0 Å². The average molecular weight is 270 g/mol. The number of fused-ring (bicyclic) bond motifs is 1. The summed E-state index contributed by atoms with van der Waals surface area (Å²) < 4.78 is 13.1. The minimum absolute atomic E-state index is 0.00191. The topological polar surface area (TPSA) is 32.3 Å². The van der Waals surface area contributed by atoms with Crippen molar-refractivity contribution in [3.63, 3.8) is 0 Å². The van der Waals surface area contributed by atoms with Crippen LogP contribution in [0.2, 0.25) is 0 Å². The molecule has 1 aliphatic rings. The molecule has 2 aromatic rings. The van der Waals surface area contributed by atoms with Crippen LogP contribution < -0.4 is 10.2 Å². The standard InChI is InChI=1S/C16H15FN2O/c1-11-10-19(13-8-6-12(17)7-9-13)15-5-3-2-4-14(15)18-16(11)20/h2-9,11H,10H2,1H3,(H,18,20)/t11-/m0/s1. The van der Waals surface area contributed by atoms with Crippen molar-refractivity contribution in [1.82, 2.24) is 0 Å². The lowest BCUT2D eigenvalue weighted by Gasteiger charge is -2.25. The zero-order valence-corrected chi connectivity index (χ0v) is 11.1. The summed E-state index contributed by atoms with van der Waals surface area (Å²) in [5, 5.41) is 2.93. The van der Waals surface area contributed by atoms with E-state index in [9.17, 15) is 9.18 Å². The number of carbonyl (C=O) groups excluding carboxylic acids is 1. The van der Waals surface area contributed by atoms with E-state index in [2.05, 4.69) is 5.32 Å². The smallest absolute Gasteiger partial charge is 0.229 e. The van der Waals surface area contributed by atoms with Gasteiger partial charge >= 0.3 is 0 Å². The van der Waals surface area contributed by atoms with Crippen LogP contribution in [-0.2, 0) is 4.79 Å². The van der Waals surface area contributed by atoms with Crippen LogP contribution in [0.5, 0.6) is 0 Å². The number of hydrogen-bond donors (Lipinski definition) is 1. The van der Waals surface area contributed by atoms with E-state index < -0.39 is 0 Å². The molecule has 0 unspecified atom stereocenters. The van der Waals surface area contributed by atoms with Crippen LogP contribution in [0.4, 0.5) is 21.5 Å². The summed E-state index contributed by atoms with van der Waals surface area (Å²) in [4.78, 5) is 14.0.